The van der Waals surface area contributed by atoms with E-state index in [-0.39, 0.29) is 6.10 Å². The molecular weight excluding hydrogens is 310 g/mol. The van der Waals surface area contributed by atoms with Gasteiger partial charge in [0.2, 0.25) is 0 Å². The molecule has 1 rings (SSSR count). The predicted octanol–water partition coefficient (Wildman–Crippen LogP) is 3.39. The van der Waals surface area contributed by atoms with Crippen molar-refractivity contribution in [2.24, 2.45) is 0 Å². The van der Waals surface area contributed by atoms with Gasteiger partial charge < -0.3 is 10.4 Å². The molecule has 78 valence electrons. The molecule has 0 saturated heterocycles. The lowest BCUT2D eigenvalue weighted by atomic mass is 10.2. The van der Waals surface area contributed by atoms with Gasteiger partial charge in [-0.15, -0.1) is 0 Å². The van der Waals surface area contributed by atoms with Gasteiger partial charge in [0.1, 0.15) is 0 Å². The minimum atomic E-state index is -0.256. The Labute approximate surface area is 101 Å². The number of anilines is 1. The minimum Gasteiger partial charge on any atom is -0.393 e. The van der Waals surface area contributed by atoms with E-state index in [2.05, 4.69) is 37.2 Å². The number of nitrogens with one attached hydrogen (secondary N) is 1. The highest BCUT2D eigenvalue weighted by atomic mass is 79.9. The molecule has 0 radical (unpaired) electrons. The predicted molar refractivity (Wildman–Crippen MR) is 66.6 cm³/mol. The number of hydrogen-bond acceptors (Lipinski definition) is 2. The fourth-order valence-corrected chi connectivity index (χ4v) is 1.80. The van der Waals surface area contributed by atoms with Crippen LogP contribution in [0.4, 0.5) is 5.69 Å². The van der Waals surface area contributed by atoms with Crippen LogP contribution in [0.15, 0.2) is 27.1 Å². The van der Waals surface area contributed by atoms with Gasteiger partial charge in [-0.3, -0.25) is 0 Å². The molecule has 0 saturated carbocycles. The summed E-state index contributed by atoms with van der Waals surface area (Å²) in [7, 11) is 0. The van der Waals surface area contributed by atoms with Crippen LogP contribution in [-0.4, -0.2) is 17.8 Å². The van der Waals surface area contributed by atoms with E-state index < -0.39 is 0 Å². The maximum atomic E-state index is 9.09. The first-order chi connectivity index (χ1) is 6.59. The second-order valence-electron chi connectivity index (χ2n) is 3.19. The third kappa shape index (κ3) is 3.98. The topological polar surface area (TPSA) is 32.3 Å². The zero-order chi connectivity index (χ0) is 10.6. The summed E-state index contributed by atoms with van der Waals surface area (Å²) >= 11 is 6.86. The monoisotopic (exact) mass is 321 g/mol. The van der Waals surface area contributed by atoms with Crippen molar-refractivity contribution in [3.8, 4) is 0 Å². The molecule has 0 spiro atoms. The Morgan fingerprint density at radius 2 is 2.14 bits per heavy atom. The van der Waals surface area contributed by atoms with E-state index in [9.17, 15) is 0 Å². The summed E-state index contributed by atoms with van der Waals surface area (Å²) in [5, 5.41) is 12.3. The van der Waals surface area contributed by atoms with E-state index in [4.69, 9.17) is 5.11 Å². The molecule has 0 fully saturated rings. The van der Waals surface area contributed by atoms with Crippen molar-refractivity contribution in [1.29, 1.82) is 0 Å². The molecule has 14 heavy (non-hydrogen) atoms. The standard InChI is InChI=1S/C10H13Br2NO/c1-7(14)4-5-13-10-6-8(11)2-3-9(10)12/h2-3,6-7,13-14H,4-5H2,1H3. The van der Waals surface area contributed by atoms with E-state index in [0.29, 0.717) is 0 Å². The number of aliphatic hydroxyl groups excluding tert-OH is 1. The van der Waals surface area contributed by atoms with Gasteiger partial charge >= 0.3 is 0 Å². The van der Waals surface area contributed by atoms with Gasteiger partial charge in [-0.1, -0.05) is 15.9 Å². The van der Waals surface area contributed by atoms with Crippen molar-refractivity contribution < 1.29 is 5.11 Å². The third-order valence-corrected chi connectivity index (χ3v) is 2.99. The molecule has 4 heteroatoms. The zero-order valence-corrected chi connectivity index (χ0v) is 11.1. The Morgan fingerprint density at radius 1 is 1.43 bits per heavy atom. The lowest BCUT2D eigenvalue weighted by molar-refractivity contribution is 0.189. The molecule has 1 aromatic carbocycles. The van der Waals surface area contributed by atoms with Gasteiger partial charge in [-0.05, 0) is 47.5 Å². The van der Waals surface area contributed by atoms with Gasteiger partial charge in [0.15, 0.2) is 0 Å². The molecule has 0 bridgehead atoms. The summed E-state index contributed by atoms with van der Waals surface area (Å²) in [6.07, 6.45) is 0.493. The molecule has 0 aliphatic rings. The molecule has 0 heterocycles. The van der Waals surface area contributed by atoms with Crippen LogP contribution in [-0.2, 0) is 0 Å². The quantitative estimate of drug-likeness (QED) is 0.890. The van der Waals surface area contributed by atoms with Crippen LogP contribution in [0.2, 0.25) is 0 Å². The van der Waals surface area contributed by atoms with Gasteiger partial charge in [0.25, 0.3) is 0 Å². The van der Waals surface area contributed by atoms with Crippen LogP contribution in [0.1, 0.15) is 13.3 Å². The van der Waals surface area contributed by atoms with Gasteiger partial charge in [-0.25, -0.2) is 0 Å². The first-order valence-corrected chi connectivity index (χ1v) is 6.05. The van der Waals surface area contributed by atoms with E-state index in [0.717, 1.165) is 27.6 Å². The average Bonchev–Trinajstić information content (AvgIpc) is 2.10. The zero-order valence-electron chi connectivity index (χ0n) is 7.93. The smallest absolute Gasteiger partial charge is 0.0528 e. The molecule has 1 aromatic rings. The largest absolute Gasteiger partial charge is 0.393 e. The minimum absolute atomic E-state index is 0.256. The molecule has 0 amide bonds. The number of aliphatic hydroxyl groups is 1. The third-order valence-electron chi connectivity index (χ3n) is 1.81. The first kappa shape index (κ1) is 12.0. The van der Waals surface area contributed by atoms with E-state index in [1.54, 1.807) is 6.92 Å². The Morgan fingerprint density at radius 3 is 2.79 bits per heavy atom. The van der Waals surface area contributed by atoms with Crippen LogP contribution in [0.3, 0.4) is 0 Å². The van der Waals surface area contributed by atoms with Crippen LogP contribution in [0.5, 0.6) is 0 Å². The number of hydrogen-bond donors (Lipinski definition) is 2. The summed E-state index contributed by atoms with van der Waals surface area (Å²) in [5.74, 6) is 0. The molecule has 2 nitrogen and oxygen atoms in total. The van der Waals surface area contributed by atoms with Crippen LogP contribution >= 0.6 is 31.9 Å². The Hall–Kier alpha value is -0.0600. The second kappa shape index (κ2) is 5.73. The van der Waals surface area contributed by atoms with Crippen LogP contribution in [0.25, 0.3) is 0 Å². The Bertz CT molecular complexity index is 302. The van der Waals surface area contributed by atoms with Crippen molar-refractivity contribution in [3.63, 3.8) is 0 Å². The maximum absolute atomic E-state index is 9.09. The second-order valence-corrected chi connectivity index (χ2v) is 4.96. The molecule has 1 atom stereocenters. The van der Waals surface area contributed by atoms with Crippen molar-refractivity contribution in [2.75, 3.05) is 11.9 Å². The Balaban J connectivity index is 2.53. The first-order valence-electron chi connectivity index (χ1n) is 4.46. The summed E-state index contributed by atoms with van der Waals surface area (Å²) < 4.78 is 2.08. The summed E-state index contributed by atoms with van der Waals surface area (Å²) in [4.78, 5) is 0. The summed E-state index contributed by atoms with van der Waals surface area (Å²) in [5.41, 5.74) is 1.04. The maximum Gasteiger partial charge on any atom is 0.0528 e. The lowest BCUT2D eigenvalue weighted by Crippen LogP contribution is -2.09. The molecule has 0 aromatic heterocycles. The molecule has 2 N–H and O–H groups in total. The highest BCUT2D eigenvalue weighted by Crippen LogP contribution is 2.25. The van der Waals surface area contributed by atoms with Gasteiger partial charge in [0, 0.05) is 21.2 Å². The van der Waals surface area contributed by atoms with E-state index in [1.165, 1.54) is 0 Å². The van der Waals surface area contributed by atoms with Crippen molar-refractivity contribution in [3.05, 3.63) is 27.1 Å². The highest BCUT2D eigenvalue weighted by Gasteiger charge is 2.00. The normalized spacial score (nSPS) is 12.6. The molecule has 0 aliphatic carbocycles. The molecule has 1 unspecified atom stereocenters. The number of rotatable bonds is 4. The van der Waals surface area contributed by atoms with Crippen molar-refractivity contribution in [1.82, 2.24) is 0 Å². The SMILES string of the molecule is CC(O)CCNc1cc(Br)ccc1Br. The fraction of sp³-hybridized carbons (Fsp3) is 0.400. The summed E-state index contributed by atoms with van der Waals surface area (Å²) in [6, 6.07) is 5.96. The van der Waals surface area contributed by atoms with Gasteiger partial charge in [-0.2, -0.15) is 0 Å². The summed E-state index contributed by atoms with van der Waals surface area (Å²) in [6.45, 7) is 2.56. The fourth-order valence-electron chi connectivity index (χ4n) is 1.05. The van der Waals surface area contributed by atoms with Gasteiger partial charge in [0.05, 0.1) is 6.10 Å². The van der Waals surface area contributed by atoms with Crippen LogP contribution in [0, 0.1) is 0 Å². The van der Waals surface area contributed by atoms with E-state index >= 15 is 0 Å². The van der Waals surface area contributed by atoms with Crippen molar-refractivity contribution in [2.45, 2.75) is 19.4 Å². The van der Waals surface area contributed by atoms with Crippen LogP contribution < -0.4 is 5.32 Å². The van der Waals surface area contributed by atoms with Crippen molar-refractivity contribution >= 4 is 37.5 Å². The molecule has 0 aliphatic heterocycles. The Kier molecular flexibility index (Phi) is 4.92. The number of benzene rings is 1. The average molecular weight is 323 g/mol. The van der Waals surface area contributed by atoms with E-state index in [1.807, 2.05) is 18.2 Å². The highest BCUT2D eigenvalue weighted by molar-refractivity contribution is 9.11. The number of halogens is 2. The molecular formula is C10H13Br2NO. The lowest BCUT2D eigenvalue weighted by Gasteiger charge is -2.09.